The molecule has 18 heavy (non-hydrogen) atoms. The van der Waals surface area contributed by atoms with Gasteiger partial charge in [0.25, 0.3) is 0 Å². The predicted octanol–water partition coefficient (Wildman–Crippen LogP) is 1.99. The van der Waals surface area contributed by atoms with Crippen molar-refractivity contribution in [3.63, 3.8) is 0 Å². The zero-order chi connectivity index (χ0) is 13.4. The number of benzene rings is 1. The van der Waals surface area contributed by atoms with Gasteiger partial charge in [0.2, 0.25) is 0 Å². The van der Waals surface area contributed by atoms with Gasteiger partial charge in [0, 0.05) is 19.9 Å². The highest BCUT2D eigenvalue weighted by Gasteiger charge is 2.06. The molecular weight excluding hydrogens is 232 g/mol. The summed E-state index contributed by atoms with van der Waals surface area (Å²) in [7, 11) is 3.24. The number of urea groups is 1. The summed E-state index contributed by atoms with van der Waals surface area (Å²) in [5.74, 6) is 0. The Morgan fingerprint density at radius 2 is 2.11 bits per heavy atom. The summed E-state index contributed by atoms with van der Waals surface area (Å²) in [6.45, 7) is 2.89. The third kappa shape index (κ3) is 5.16. The molecule has 2 N–H and O–H groups in total. The number of nitrogens with one attached hydrogen (secondary N) is 2. The summed E-state index contributed by atoms with van der Waals surface area (Å²) >= 11 is 0. The maximum atomic E-state index is 11.7. The zero-order valence-electron chi connectivity index (χ0n) is 11.0. The van der Waals surface area contributed by atoms with Crippen LogP contribution in [0.2, 0.25) is 0 Å². The first kappa shape index (κ1) is 14.5. The second-order valence-electron chi connectivity index (χ2n) is 4.09. The highest BCUT2D eigenvalue weighted by Crippen LogP contribution is 2.11. The molecule has 0 aromatic heterocycles. The Morgan fingerprint density at radius 3 is 2.78 bits per heavy atom. The van der Waals surface area contributed by atoms with E-state index in [1.807, 2.05) is 31.2 Å². The number of carbonyl (C=O) groups is 1. The Bertz CT molecular complexity index is 382. The lowest BCUT2D eigenvalue weighted by Gasteiger charge is -2.14. The molecule has 1 atom stereocenters. The number of carbonyl (C=O) groups excluding carboxylic acids is 1. The number of ether oxygens (including phenoxy) is 2. The van der Waals surface area contributed by atoms with E-state index in [2.05, 4.69) is 10.6 Å². The van der Waals surface area contributed by atoms with Crippen molar-refractivity contribution in [1.82, 2.24) is 5.32 Å². The van der Waals surface area contributed by atoms with Crippen molar-refractivity contribution in [2.45, 2.75) is 19.6 Å². The number of anilines is 1. The van der Waals surface area contributed by atoms with E-state index < -0.39 is 0 Å². The minimum atomic E-state index is -0.242. The third-order valence-electron chi connectivity index (χ3n) is 2.29. The van der Waals surface area contributed by atoms with Crippen LogP contribution in [0.5, 0.6) is 0 Å². The molecule has 0 spiro atoms. The molecule has 0 heterocycles. The quantitative estimate of drug-likeness (QED) is 0.814. The van der Waals surface area contributed by atoms with E-state index >= 15 is 0 Å². The Labute approximate surface area is 107 Å². The zero-order valence-corrected chi connectivity index (χ0v) is 11.0. The van der Waals surface area contributed by atoms with Crippen molar-refractivity contribution < 1.29 is 14.3 Å². The molecule has 100 valence electrons. The van der Waals surface area contributed by atoms with Gasteiger partial charge in [-0.05, 0) is 24.6 Å². The van der Waals surface area contributed by atoms with Crippen LogP contribution in [-0.2, 0) is 16.1 Å². The summed E-state index contributed by atoms with van der Waals surface area (Å²) in [6, 6.07) is 7.26. The second-order valence-corrected chi connectivity index (χ2v) is 4.09. The fourth-order valence-electron chi connectivity index (χ4n) is 1.59. The maximum Gasteiger partial charge on any atom is 0.319 e. The Hall–Kier alpha value is -1.59. The van der Waals surface area contributed by atoms with Gasteiger partial charge >= 0.3 is 6.03 Å². The molecular formula is C13H20N2O3. The molecule has 1 aromatic carbocycles. The largest absolute Gasteiger partial charge is 0.383 e. The fraction of sp³-hybridized carbons (Fsp3) is 0.462. The Balaban J connectivity index is 2.50. The van der Waals surface area contributed by atoms with Gasteiger partial charge in [-0.1, -0.05) is 12.1 Å². The molecule has 1 aromatic rings. The van der Waals surface area contributed by atoms with Crippen molar-refractivity contribution >= 4 is 11.7 Å². The van der Waals surface area contributed by atoms with Crippen LogP contribution in [0.3, 0.4) is 0 Å². The van der Waals surface area contributed by atoms with Gasteiger partial charge in [0.05, 0.1) is 19.3 Å². The standard InChI is InChI=1S/C13H20N2O3/c1-10(8-17-2)14-13(16)15-12-6-4-5-11(7-12)9-18-3/h4-7,10H,8-9H2,1-3H3,(H2,14,15,16)/t10-/m1/s1. The molecule has 1 rings (SSSR count). The lowest BCUT2D eigenvalue weighted by atomic mass is 10.2. The van der Waals surface area contributed by atoms with Gasteiger partial charge < -0.3 is 20.1 Å². The van der Waals surface area contributed by atoms with Crippen LogP contribution >= 0.6 is 0 Å². The number of rotatable bonds is 6. The average molecular weight is 252 g/mol. The van der Waals surface area contributed by atoms with Crippen LogP contribution in [0, 0.1) is 0 Å². The summed E-state index contributed by atoms with van der Waals surface area (Å²) in [4.78, 5) is 11.7. The van der Waals surface area contributed by atoms with Crippen LogP contribution in [0.15, 0.2) is 24.3 Å². The second kappa shape index (κ2) is 7.68. The first-order valence-corrected chi connectivity index (χ1v) is 5.80. The fourth-order valence-corrected chi connectivity index (χ4v) is 1.59. The predicted molar refractivity (Wildman–Crippen MR) is 70.6 cm³/mol. The molecule has 0 saturated heterocycles. The van der Waals surface area contributed by atoms with Crippen molar-refractivity contribution in [2.24, 2.45) is 0 Å². The molecule has 0 fully saturated rings. The van der Waals surface area contributed by atoms with Crippen LogP contribution in [0.25, 0.3) is 0 Å². The highest BCUT2D eigenvalue weighted by molar-refractivity contribution is 5.89. The molecule has 0 radical (unpaired) electrons. The summed E-state index contributed by atoms with van der Waals surface area (Å²) < 4.78 is 9.99. The molecule has 0 aliphatic heterocycles. The van der Waals surface area contributed by atoms with Gasteiger partial charge in [-0.2, -0.15) is 0 Å². The molecule has 0 saturated carbocycles. The van der Waals surface area contributed by atoms with E-state index in [4.69, 9.17) is 9.47 Å². The smallest absolute Gasteiger partial charge is 0.319 e. The minimum Gasteiger partial charge on any atom is -0.383 e. The van der Waals surface area contributed by atoms with Gasteiger partial charge in [-0.3, -0.25) is 0 Å². The van der Waals surface area contributed by atoms with E-state index in [0.29, 0.717) is 13.2 Å². The number of hydrogen-bond acceptors (Lipinski definition) is 3. The van der Waals surface area contributed by atoms with E-state index in [9.17, 15) is 4.79 Å². The molecule has 0 aliphatic rings. The highest BCUT2D eigenvalue weighted by atomic mass is 16.5. The SMILES string of the molecule is COCc1cccc(NC(=O)N[C@H](C)COC)c1. The first-order valence-electron chi connectivity index (χ1n) is 5.80. The van der Waals surface area contributed by atoms with Crippen LogP contribution in [0.1, 0.15) is 12.5 Å². The monoisotopic (exact) mass is 252 g/mol. The van der Waals surface area contributed by atoms with Gasteiger partial charge in [0.15, 0.2) is 0 Å². The Kier molecular flexibility index (Phi) is 6.18. The van der Waals surface area contributed by atoms with E-state index in [0.717, 1.165) is 11.3 Å². The molecule has 0 unspecified atom stereocenters. The van der Waals surface area contributed by atoms with Gasteiger partial charge in [-0.15, -0.1) is 0 Å². The van der Waals surface area contributed by atoms with E-state index in [1.165, 1.54) is 0 Å². The van der Waals surface area contributed by atoms with Gasteiger partial charge in [0.1, 0.15) is 0 Å². The van der Waals surface area contributed by atoms with Crippen molar-refractivity contribution in [2.75, 3.05) is 26.1 Å². The number of methoxy groups -OCH3 is 2. The van der Waals surface area contributed by atoms with Crippen LogP contribution < -0.4 is 10.6 Å². The van der Waals surface area contributed by atoms with Crippen molar-refractivity contribution in [1.29, 1.82) is 0 Å². The van der Waals surface area contributed by atoms with Gasteiger partial charge in [-0.25, -0.2) is 4.79 Å². The number of amides is 2. The summed E-state index contributed by atoms with van der Waals surface area (Å²) in [6.07, 6.45) is 0. The number of hydrogen-bond donors (Lipinski definition) is 2. The topological polar surface area (TPSA) is 59.6 Å². The van der Waals surface area contributed by atoms with Crippen LogP contribution in [0.4, 0.5) is 10.5 Å². The van der Waals surface area contributed by atoms with Crippen LogP contribution in [-0.4, -0.2) is 32.9 Å². The summed E-state index contributed by atoms with van der Waals surface area (Å²) in [5, 5.41) is 5.54. The normalized spacial score (nSPS) is 11.9. The Morgan fingerprint density at radius 1 is 1.33 bits per heavy atom. The molecule has 5 nitrogen and oxygen atoms in total. The van der Waals surface area contributed by atoms with Crippen molar-refractivity contribution in [3.8, 4) is 0 Å². The summed E-state index contributed by atoms with van der Waals surface area (Å²) in [5.41, 5.74) is 1.76. The lowest BCUT2D eigenvalue weighted by Crippen LogP contribution is -2.38. The lowest BCUT2D eigenvalue weighted by molar-refractivity contribution is 0.173. The van der Waals surface area contributed by atoms with Crippen molar-refractivity contribution in [3.05, 3.63) is 29.8 Å². The van der Waals surface area contributed by atoms with E-state index in [-0.39, 0.29) is 12.1 Å². The molecule has 0 aliphatic carbocycles. The average Bonchev–Trinajstić information content (AvgIpc) is 2.29. The molecule has 0 bridgehead atoms. The molecule has 2 amide bonds. The minimum absolute atomic E-state index is 0.0304. The third-order valence-corrected chi connectivity index (χ3v) is 2.29. The van der Waals surface area contributed by atoms with E-state index in [1.54, 1.807) is 14.2 Å². The maximum absolute atomic E-state index is 11.7. The first-order chi connectivity index (χ1) is 8.65. The molecule has 5 heteroatoms.